The van der Waals surface area contributed by atoms with Crippen LogP contribution in [0.3, 0.4) is 0 Å². The maximum Gasteiger partial charge on any atom is 0.340 e. The fourth-order valence-electron chi connectivity index (χ4n) is 2.71. The van der Waals surface area contributed by atoms with Crippen LogP contribution in [-0.4, -0.2) is 52.4 Å². The van der Waals surface area contributed by atoms with Crippen molar-refractivity contribution in [3.05, 3.63) is 24.0 Å². The first-order valence-electron chi connectivity index (χ1n) is 9.10. The fraction of sp³-hybridized carbons (Fsp3) is 0.526. The number of pyridine rings is 1. The highest BCUT2D eigenvalue weighted by molar-refractivity contribution is 5.94. The van der Waals surface area contributed by atoms with Gasteiger partial charge in [-0.15, -0.1) is 0 Å². The number of amides is 1. The van der Waals surface area contributed by atoms with Crippen LogP contribution in [0.2, 0.25) is 0 Å². The standard InChI is InChI=1S/C19H26N4O5/c1-11(2)6-15(19(26)27-5)22-16(24)10-28-18(25)14-7-13-9-21-23(12(3)4)17(13)20-8-14/h7-9,11-12,15H,6,10H2,1-5H3,(H,22,24). The van der Waals surface area contributed by atoms with Crippen molar-refractivity contribution in [2.24, 2.45) is 5.92 Å². The third-order valence-electron chi connectivity index (χ3n) is 4.02. The van der Waals surface area contributed by atoms with E-state index >= 15 is 0 Å². The second-order valence-electron chi connectivity index (χ2n) is 7.17. The molecule has 1 unspecified atom stereocenters. The molecule has 0 aromatic carbocycles. The minimum absolute atomic E-state index is 0.139. The van der Waals surface area contributed by atoms with Gasteiger partial charge in [-0.25, -0.2) is 19.3 Å². The van der Waals surface area contributed by atoms with E-state index < -0.39 is 30.5 Å². The van der Waals surface area contributed by atoms with E-state index in [1.54, 1.807) is 16.9 Å². The van der Waals surface area contributed by atoms with Crippen molar-refractivity contribution in [2.45, 2.75) is 46.2 Å². The van der Waals surface area contributed by atoms with Crippen LogP contribution in [0, 0.1) is 5.92 Å². The molecule has 9 heteroatoms. The summed E-state index contributed by atoms with van der Waals surface area (Å²) in [6.45, 7) is 7.30. The fourth-order valence-corrected chi connectivity index (χ4v) is 2.71. The SMILES string of the molecule is COC(=O)C(CC(C)C)NC(=O)COC(=O)c1cnc2c(cnn2C(C)C)c1. The van der Waals surface area contributed by atoms with Crippen molar-refractivity contribution < 1.29 is 23.9 Å². The minimum Gasteiger partial charge on any atom is -0.467 e. The van der Waals surface area contributed by atoms with Gasteiger partial charge >= 0.3 is 11.9 Å². The number of aromatic nitrogens is 3. The number of carbonyl (C=O) groups excluding carboxylic acids is 3. The van der Waals surface area contributed by atoms with Crippen molar-refractivity contribution in [2.75, 3.05) is 13.7 Å². The average Bonchev–Trinajstić information content (AvgIpc) is 3.08. The summed E-state index contributed by atoms with van der Waals surface area (Å²) in [5.74, 6) is -1.62. The van der Waals surface area contributed by atoms with Crippen LogP contribution < -0.4 is 5.32 Å². The Kier molecular flexibility index (Phi) is 7.08. The molecule has 0 aliphatic rings. The molecule has 1 atom stereocenters. The van der Waals surface area contributed by atoms with Gasteiger partial charge in [-0.05, 0) is 32.3 Å². The third kappa shape index (κ3) is 5.28. The van der Waals surface area contributed by atoms with E-state index in [1.807, 2.05) is 27.7 Å². The zero-order chi connectivity index (χ0) is 20.8. The molecule has 9 nitrogen and oxygen atoms in total. The van der Waals surface area contributed by atoms with Gasteiger partial charge in [0.2, 0.25) is 0 Å². The summed E-state index contributed by atoms with van der Waals surface area (Å²) in [5, 5.41) is 7.48. The van der Waals surface area contributed by atoms with Gasteiger partial charge in [0.25, 0.3) is 5.91 Å². The van der Waals surface area contributed by atoms with E-state index in [9.17, 15) is 14.4 Å². The van der Waals surface area contributed by atoms with Gasteiger partial charge in [0, 0.05) is 17.6 Å². The first kappa shape index (κ1) is 21.3. The van der Waals surface area contributed by atoms with E-state index in [1.165, 1.54) is 13.3 Å². The number of carbonyl (C=O) groups is 3. The van der Waals surface area contributed by atoms with E-state index in [2.05, 4.69) is 15.4 Å². The maximum absolute atomic E-state index is 12.2. The quantitative estimate of drug-likeness (QED) is 0.685. The molecule has 0 aliphatic heterocycles. The van der Waals surface area contributed by atoms with Crippen LogP contribution in [0.25, 0.3) is 11.0 Å². The highest BCUT2D eigenvalue weighted by atomic mass is 16.5. The summed E-state index contributed by atoms with van der Waals surface area (Å²) in [7, 11) is 1.26. The second-order valence-corrected chi connectivity index (χ2v) is 7.17. The Morgan fingerprint density at radius 2 is 1.89 bits per heavy atom. The first-order chi connectivity index (χ1) is 13.2. The van der Waals surface area contributed by atoms with Crippen LogP contribution in [0.15, 0.2) is 18.5 Å². The Labute approximate surface area is 163 Å². The van der Waals surface area contributed by atoms with E-state index in [0.29, 0.717) is 17.5 Å². The van der Waals surface area contributed by atoms with Crippen molar-refractivity contribution in [1.82, 2.24) is 20.1 Å². The Balaban J connectivity index is 1.98. The lowest BCUT2D eigenvalue weighted by Crippen LogP contribution is -2.44. The van der Waals surface area contributed by atoms with E-state index in [0.717, 1.165) is 0 Å². The highest BCUT2D eigenvalue weighted by Gasteiger charge is 2.23. The third-order valence-corrected chi connectivity index (χ3v) is 4.02. The lowest BCUT2D eigenvalue weighted by atomic mass is 10.0. The highest BCUT2D eigenvalue weighted by Crippen LogP contribution is 2.17. The Morgan fingerprint density at radius 3 is 2.50 bits per heavy atom. The molecule has 2 heterocycles. The number of nitrogens with one attached hydrogen (secondary N) is 1. The maximum atomic E-state index is 12.2. The van der Waals surface area contributed by atoms with E-state index in [-0.39, 0.29) is 17.5 Å². The molecule has 0 spiro atoms. The van der Waals surface area contributed by atoms with Crippen molar-refractivity contribution >= 4 is 28.9 Å². The van der Waals surface area contributed by atoms with Gasteiger partial charge < -0.3 is 14.8 Å². The van der Waals surface area contributed by atoms with Gasteiger partial charge in [-0.3, -0.25) is 4.79 Å². The number of hydrogen-bond donors (Lipinski definition) is 1. The molecule has 152 valence electrons. The van der Waals surface area contributed by atoms with Gasteiger partial charge in [-0.2, -0.15) is 5.10 Å². The van der Waals surface area contributed by atoms with E-state index in [4.69, 9.17) is 9.47 Å². The molecule has 0 saturated heterocycles. The zero-order valence-electron chi connectivity index (χ0n) is 16.8. The molecule has 1 N–H and O–H groups in total. The summed E-state index contributed by atoms with van der Waals surface area (Å²) >= 11 is 0. The van der Waals surface area contributed by atoms with Crippen LogP contribution in [0.5, 0.6) is 0 Å². The van der Waals surface area contributed by atoms with Crippen LogP contribution in [0.1, 0.15) is 50.5 Å². The summed E-state index contributed by atoms with van der Waals surface area (Å²) in [6.07, 6.45) is 3.44. The van der Waals surface area contributed by atoms with Gasteiger partial charge in [0.1, 0.15) is 6.04 Å². The Bertz CT molecular complexity index is 859. The topological polar surface area (TPSA) is 112 Å². The molecule has 0 saturated carbocycles. The monoisotopic (exact) mass is 390 g/mol. The molecule has 2 aromatic rings. The average molecular weight is 390 g/mol. The molecule has 0 bridgehead atoms. The zero-order valence-corrected chi connectivity index (χ0v) is 16.8. The molecule has 2 rings (SSSR count). The summed E-state index contributed by atoms with van der Waals surface area (Å²) in [4.78, 5) is 40.3. The molecular formula is C19H26N4O5. The number of nitrogens with zero attached hydrogens (tertiary/aromatic N) is 3. The largest absolute Gasteiger partial charge is 0.467 e. The molecule has 0 aliphatic carbocycles. The molecule has 1 amide bonds. The summed E-state index contributed by atoms with van der Waals surface area (Å²) in [6, 6.07) is 0.973. The molecule has 2 aromatic heterocycles. The smallest absolute Gasteiger partial charge is 0.340 e. The normalized spacial score (nSPS) is 12.2. The van der Waals surface area contributed by atoms with Crippen molar-refractivity contribution in [1.29, 1.82) is 0 Å². The molecular weight excluding hydrogens is 364 g/mol. The molecule has 0 radical (unpaired) electrons. The van der Waals surface area contributed by atoms with Gasteiger partial charge in [-0.1, -0.05) is 13.8 Å². The number of fused-ring (bicyclic) bond motifs is 1. The predicted molar refractivity (Wildman–Crippen MR) is 102 cm³/mol. The van der Waals surface area contributed by atoms with Crippen LogP contribution in [-0.2, 0) is 19.1 Å². The Hall–Kier alpha value is -2.97. The number of ether oxygens (including phenoxy) is 2. The predicted octanol–water partition coefficient (Wildman–Crippen LogP) is 1.87. The van der Waals surface area contributed by atoms with Crippen molar-refractivity contribution in [3.63, 3.8) is 0 Å². The van der Waals surface area contributed by atoms with Crippen LogP contribution >= 0.6 is 0 Å². The number of esters is 2. The molecule has 28 heavy (non-hydrogen) atoms. The van der Waals surface area contributed by atoms with Gasteiger partial charge in [0.15, 0.2) is 12.3 Å². The lowest BCUT2D eigenvalue weighted by molar-refractivity contribution is -0.145. The lowest BCUT2D eigenvalue weighted by Gasteiger charge is -2.18. The van der Waals surface area contributed by atoms with Crippen LogP contribution in [0.4, 0.5) is 0 Å². The minimum atomic E-state index is -0.781. The first-order valence-corrected chi connectivity index (χ1v) is 9.10. The summed E-state index contributed by atoms with van der Waals surface area (Å²) < 4.78 is 11.5. The number of methoxy groups -OCH3 is 1. The van der Waals surface area contributed by atoms with Gasteiger partial charge in [0.05, 0.1) is 18.9 Å². The second kappa shape index (κ2) is 9.29. The number of hydrogen-bond acceptors (Lipinski definition) is 7. The summed E-state index contributed by atoms with van der Waals surface area (Å²) in [5.41, 5.74) is 0.884. The Morgan fingerprint density at radius 1 is 1.18 bits per heavy atom. The molecule has 0 fully saturated rings. The van der Waals surface area contributed by atoms with Crippen molar-refractivity contribution in [3.8, 4) is 0 Å². The number of rotatable bonds is 8.